The van der Waals surface area contributed by atoms with Crippen LogP contribution in [-0.4, -0.2) is 14.6 Å². The van der Waals surface area contributed by atoms with Crippen LogP contribution in [0.4, 0.5) is 5.82 Å². The van der Waals surface area contributed by atoms with E-state index in [1.807, 2.05) is 35.0 Å². The van der Waals surface area contributed by atoms with Gasteiger partial charge in [-0.1, -0.05) is 12.1 Å². The Labute approximate surface area is 140 Å². The average molecular weight is 318 g/mol. The first kappa shape index (κ1) is 14.5. The minimum atomic E-state index is 0.596. The highest BCUT2D eigenvalue weighted by Gasteiger charge is 2.09. The fraction of sp³-hybridized carbons (Fsp3) is 0.158. The normalized spacial score (nSPS) is 11.1. The molecule has 3 aromatic heterocycles. The van der Waals surface area contributed by atoms with Crippen LogP contribution >= 0.6 is 0 Å². The largest absolute Gasteiger partial charge is 0.467 e. The molecule has 0 amide bonds. The SMILES string of the molecule is Cc1ccc(-c2cnc3ccc(NCc4ccco4)nn23)cc1C. The molecule has 1 aromatic carbocycles. The third-order valence-electron chi connectivity index (χ3n) is 4.19. The van der Waals surface area contributed by atoms with Gasteiger partial charge in [-0.15, -0.1) is 5.10 Å². The number of anilines is 1. The fourth-order valence-corrected chi connectivity index (χ4v) is 2.66. The van der Waals surface area contributed by atoms with Crippen LogP contribution in [0.25, 0.3) is 16.9 Å². The van der Waals surface area contributed by atoms with Gasteiger partial charge in [0.05, 0.1) is 24.7 Å². The van der Waals surface area contributed by atoms with Crippen molar-refractivity contribution in [3.05, 3.63) is 71.8 Å². The lowest BCUT2D eigenvalue weighted by atomic mass is 10.0. The van der Waals surface area contributed by atoms with Gasteiger partial charge in [0.1, 0.15) is 11.6 Å². The van der Waals surface area contributed by atoms with Crippen molar-refractivity contribution in [2.45, 2.75) is 20.4 Å². The summed E-state index contributed by atoms with van der Waals surface area (Å²) in [6.07, 6.45) is 3.53. The zero-order chi connectivity index (χ0) is 16.5. The molecule has 0 saturated carbocycles. The first-order chi connectivity index (χ1) is 11.7. The van der Waals surface area contributed by atoms with Gasteiger partial charge in [-0.2, -0.15) is 0 Å². The maximum absolute atomic E-state index is 5.34. The lowest BCUT2D eigenvalue weighted by Crippen LogP contribution is -2.04. The molecule has 0 aliphatic carbocycles. The van der Waals surface area contributed by atoms with E-state index in [0.717, 1.165) is 28.5 Å². The number of hydrogen-bond donors (Lipinski definition) is 1. The standard InChI is InChI=1S/C19H18N4O/c1-13-5-6-15(10-14(13)2)17-12-21-19-8-7-18(22-23(17)19)20-11-16-4-3-9-24-16/h3-10,12H,11H2,1-2H3,(H,20,22). The number of fused-ring (bicyclic) bond motifs is 1. The van der Waals surface area contributed by atoms with Crippen LogP contribution in [0.5, 0.6) is 0 Å². The van der Waals surface area contributed by atoms with E-state index in [4.69, 9.17) is 4.42 Å². The number of nitrogens with one attached hydrogen (secondary N) is 1. The van der Waals surface area contributed by atoms with Crippen molar-refractivity contribution in [1.29, 1.82) is 0 Å². The Balaban J connectivity index is 1.69. The van der Waals surface area contributed by atoms with Crippen molar-refractivity contribution in [3.63, 3.8) is 0 Å². The molecule has 120 valence electrons. The van der Waals surface area contributed by atoms with Crippen molar-refractivity contribution in [3.8, 4) is 11.3 Å². The molecule has 0 bridgehead atoms. The zero-order valence-corrected chi connectivity index (χ0v) is 13.7. The van der Waals surface area contributed by atoms with E-state index in [-0.39, 0.29) is 0 Å². The summed E-state index contributed by atoms with van der Waals surface area (Å²) < 4.78 is 7.21. The Morgan fingerprint density at radius 3 is 2.79 bits per heavy atom. The van der Waals surface area contributed by atoms with Gasteiger partial charge in [0.25, 0.3) is 0 Å². The van der Waals surface area contributed by atoms with E-state index in [1.54, 1.807) is 6.26 Å². The lowest BCUT2D eigenvalue weighted by Gasteiger charge is -2.07. The summed E-state index contributed by atoms with van der Waals surface area (Å²) in [5.41, 5.74) is 5.46. The van der Waals surface area contributed by atoms with E-state index in [9.17, 15) is 0 Å². The van der Waals surface area contributed by atoms with Crippen LogP contribution in [-0.2, 0) is 6.54 Å². The second-order valence-electron chi connectivity index (χ2n) is 5.86. The van der Waals surface area contributed by atoms with Gasteiger partial charge in [0.2, 0.25) is 0 Å². The van der Waals surface area contributed by atoms with Crippen molar-refractivity contribution in [1.82, 2.24) is 14.6 Å². The van der Waals surface area contributed by atoms with Crippen LogP contribution in [0.3, 0.4) is 0 Å². The Bertz CT molecular complexity index is 986. The number of imidazole rings is 1. The third kappa shape index (κ3) is 2.65. The number of aromatic nitrogens is 3. The molecule has 0 atom stereocenters. The molecule has 3 heterocycles. The summed E-state index contributed by atoms with van der Waals surface area (Å²) in [5.74, 6) is 1.65. The van der Waals surface area contributed by atoms with Gasteiger partial charge in [0.15, 0.2) is 5.65 Å². The van der Waals surface area contributed by atoms with Crippen LogP contribution in [0.15, 0.2) is 59.3 Å². The molecule has 0 aliphatic heterocycles. The summed E-state index contributed by atoms with van der Waals surface area (Å²) in [4.78, 5) is 4.45. The molecule has 0 unspecified atom stereocenters. The zero-order valence-electron chi connectivity index (χ0n) is 13.7. The van der Waals surface area contributed by atoms with Gasteiger partial charge in [-0.25, -0.2) is 9.50 Å². The first-order valence-corrected chi connectivity index (χ1v) is 7.89. The number of aryl methyl sites for hydroxylation is 2. The van der Waals surface area contributed by atoms with E-state index in [0.29, 0.717) is 6.54 Å². The highest BCUT2D eigenvalue weighted by molar-refractivity contribution is 5.65. The fourth-order valence-electron chi connectivity index (χ4n) is 2.66. The minimum Gasteiger partial charge on any atom is -0.467 e. The molecule has 5 heteroatoms. The molecule has 5 nitrogen and oxygen atoms in total. The van der Waals surface area contributed by atoms with Crippen LogP contribution in [0, 0.1) is 13.8 Å². The van der Waals surface area contributed by atoms with Crippen LogP contribution < -0.4 is 5.32 Å². The topological polar surface area (TPSA) is 55.4 Å². The minimum absolute atomic E-state index is 0.596. The molecular formula is C19H18N4O. The Morgan fingerprint density at radius 2 is 2.00 bits per heavy atom. The van der Waals surface area contributed by atoms with Crippen molar-refractivity contribution >= 4 is 11.5 Å². The summed E-state index contributed by atoms with van der Waals surface area (Å²) in [7, 11) is 0. The number of rotatable bonds is 4. The van der Waals surface area contributed by atoms with E-state index in [1.165, 1.54) is 11.1 Å². The number of nitrogens with zero attached hydrogens (tertiary/aromatic N) is 3. The molecule has 1 N–H and O–H groups in total. The summed E-state index contributed by atoms with van der Waals surface area (Å²) in [6.45, 7) is 4.83. The molecule has 0 spiro atoms. The lowest BCUT2D eigenvalue weighted by molar-refractivity contribution is 0.517. The molecular weight excluding hydrogens is 300 g/mol. The maximum atomic E-state index is 5.34. The highest BCUT2D eigenvalue weighted by Crippen LogP contribution is 2.23. The van der Waals surface area contributed by atoms with Gasteiger partial charge < -0.3 is 9.73 Å². The smallest absolute Gasteiger partial charge is 0.154 e. The summed E-state index contributed by atoms with van der Waals surface area (Å²) in [5, 5.41) is 7.94. The predicted octanol–water partition coefficient (Wildman–Crippen LogP) is 4.22. The van der Waals surface area contributed by atoms with Crippen molar-refractivity contribution < 1.29 is 4.42 Å². The molecule has 4 aromatic rings. The highest BCUT2D eigenvalue weighted by atomic mass is 16.3. The van der Waals surface area contributed by atoms with Crippen LogP contribution in [0.1, 0.15) is 16.9 Å². The third-order valence-corrected chi connectivity index (χ3v) is 4.19. The van der Waals surface area contributed by atoms with E-state index < -0.39 is 0 Å². The molecule has 0 aliphatic rings. The maximum Gasteiger partial charge on any atom is 0.154 e. The van der Waals surface area contributed by atoms with Crippen LogP contribution in [0.2, 0.25) is 0 Å². The number of hydrogen-bond acceptors (Lipinski definition) is 4. The van der Waals surface area contributed by atoms with Gasteiger partial charge in [-0.3, -0.25) is 0 Å². The number of benzene rings is 1. The van der Waals surface area contributed by atoms with E-state index in [2.05, 4.69) is 47.4 Å². The molecule has 24 heavy (non-hydrogen) atoms. The Morgan fingerprint density at radius 1 is 1.08 bits per heavy atom. The second-order valence-corrected chi connectivity index (χ2v) is 5.86. The second kappa shape index (κ2) is 5.85. The predicted molar refractivity (Wildman–Crippen MR) is 93.9 cm³/mol. The quantitative estimate of drug-likeness (QED) is 0.612. The first-order valence-electron chi connectivity index (χ1n) is 7.89. The van der Waals surface area contributed by atoms with Gasteiger partial charge in [-0.05, 0) is 55.3 Å². The number of furan rings is 1. The average Bonchev–Trinajstić information content (AvgIpc) is 3.24. The van der Waals surface area contributed by atoms with Gasteiger partial charge >= 0.3 is 0 Å². The molecule has 0 saturated heterocycles. The molecule has 0 radical (unpaired) electrons. The Kier molecular flexibility index (Phi) is 3.54. The van der Waals surface area contributed by atoms with Crippen molar-refractivity contribution in [2.24, 2.45) is 0 Å². The molecule has 0 fully saturated rings. The Hall–Kier alpha value is -3.08. The van der Waals surface area contributed by atoms with Crippen molar-refractivity contribution in [2.75, 3.05) is 5.32 Å². The van der Waals surface area contributed by atoms with E-state index >= 15 is 0 Å². The summed E-state index contributed by atoms with van der Waals surface area (Å²) >= 11 is 0. The monoisotopic (exact) mass is 318 g/mol. The summed E-state index contributed by atoms with van der Waals surface area (Å²) in [6, 6.07) is 14.1. The molecule has 4 rings (SSSR count). The van der Waals surface area contributed by atoms with Gasteiger partial charge in [0, 0.05) is 5.56 Å².